The van der Waals surface area contributed by atoms with Gasteiger partial charge in [-0.3, -0.25) is 9.59 Å². The molecule has 1 atom stereocenters. The molecule has 6 N–H and O–H groups in total. The van der Waals surface area contributed by atoms with Crippen LogP contribution in [0.2, 0.25) is 0 Å². The Morgan fingerprint density at radius 1 is 1.14 bits per heavy atom. The summed E-state index contributed by atoms with van der Waals surface area (Å²) in [7, 11) is 0. The highest BCUT2D eigenvalue weighted by Gasteiger charge is 2.17. The van der Waals surface area contributed by atoms with E-state index in [-0.39, 0.29) is 19.1 Å². The van der Waals surface area contributed by atoms with E-state index in [0.29, 0.717) is 22.3 Å². The van der Waals surface area contributed by atoms with E-state index in [2.05, 4.69) is 20.9 Å². The molecule has 0 unspecified atom stereocenters. The Morgan fingerprint density at radius 2 is 1.93 bits per heavy atom. The molecule has 1 heterocycles. The predicted octanol–water partition coefficient (Wildman–Crippen LogP) is 1.31. The van der Waals surface area contributed by atoms with Crippen LogP contribution in [0.15, 0.2) is 48.0 Å². The van der Waals surface area contributed by atoms with E-state index in [9.17, 15) is 19.5 Å². The first-order valence-electron chi connectivity index (χ1n) is 8.66. The minimum absolute atomic E-state index is 0.0155. The van der Waals surface area contributed by atoms with Gasteiger partial charge in [-0.15, -0.1) is 11.3 Å². The summed E-state index contributed by atoms with van der Waals surface area (Å²) >= 11 is 1.43. The number of nitrogens with zero attached hydrogens (tertiary/aromatic N) is 1. The highest BCUT2D eigenvalue weighted by molar-refractivity contribution is 7.16. The molecule has 4 amide bonds. The van der Waals surface area contributed by atoms with Crippen LogP contribution in [0.5, 0.6) is 0 Å². The van der Waals surface area contributed by atoms with Crippen LogP contribution in [0.4, 0.5) is 10.5 Å². The van der Waals surface area contributed by atoms with Gasteiger partial charge in [0.15, 0.2) is 0 Å². The normalized spacial score (nSPS) is 11.6. The number of hydrogen-bond acceptors (Lipinski definition) is 6. The van der Waals surface area contributed by atoms with E-state index < -0.39 is 18.0 Å². The molecule has 1 aromatic heterocycles. The molecule has 150 valence electrons. The third-order valence-corrected chi connectivity index (χ3v) is 4.86. The molecular weight excluding hydrogens is 394 g/mol. The number of nitrogens with two attached hydrogens (primary N) is 1. The topological polar surface area (TPSA) is 146 Å². The van der Waals surface area contributed by atoms with Gasteiger partial charge >= 0.3 is 6.03 Å². The number of fused-ring (bicyclic) bond motifs is 1. The monoisotopic (exact) mass is 413 g/mol. The number of benzene rings is 2. The van der Waals surface area contributed by atoms with E-state index >= 15 is 0 Å². The Labute approximate surface area is 169 Å². The molecule has 29 heavy (non-hydrogen) atoms. The van der Waals surface area contributed by atoms with Crippen LogP contribution in [-0.4, -0.2) is 47.1 Å². The number of aromatic nitrogens is 1. The van der Waals surface area contributed by atoms with Gasteiger partial charge in [0.05, 0.1) is 33.9 Å². The van der Waals surface area contributed by atoms with Crippen molar-refractivity contribution < 1.29 is 19.5 Å². The molecular formula is C19H19N5O4S. The molecule has 0 radical (unpaired) electrons. The van der Waals surface area contributed by atoms with Gasteiger partial charge in [0, 0.05) is 17.8 Å². The lowest BCUT2D eigenvalue weighted by molar-refractivity contribution is 0.0888. The maximum absolute atomic E-state index is 12.6. The van der Waals surface area contributed by atoms with Crippen molar-refractivity contribution in [3.8, 4) is 0 Å². The number of carbonyl (C=O) groups excluding carboxylic acids is 3. The summed E-state index contributed by atoms with van der Waals surface area (Å²) in [5.74, 6) is -0.810. The lowest BCUT2D eigenvalue weighted by Crippen LogP contribution is -2.45. The smallest absolute Gasteiger partial charge is 0.316 e. The van der Waals surface area contributed by atoms with Gasteiger partial charge in [0.2, 0.25) is 0 Å². The van der Waals surface area contributed by atoms with Gasteiger partial charge < -0.3 is 26.8 Å². The number of thiazole rings is 1. The van der Waals surface area contributed by atoms with Gasteiger partial charge in [-0.1, -0.05) is 12.1 Å². The first-order chi connectivity index (χ1) is 14.0. The second-order valence-electron chi connectivity index (χ2n) is 6.14. The van der Waals surface area contributed by atoms with Crippen molar-refractivity contribution in [1.29, 1.82) is 0 Å². The number of aliphatic hydroxyl groups is 1. The Balaban J connectivity index is 1.61. The van der Waals surface area contributed by atoms with Crippen LogP contribution in [0.25, 0.3) is 10.2 Å². The number of rotatable bonds is 7. The summed E-state index contributed by atoms with van der Waals surface area (Å²) in [6.45, 7) is -0.343. The molecule has 0 saturated carbocycles. The second kappa shape index (κ2) is 9.13. The Bertz CT molecular complexity index is 1050. The van der Waals surface area contributed by atoms with Gasteiger partial charge in [-0.25, -0.2) is 9.78 Å². The number of aliphatic hydroxyl groups excluding tert-OH is 1. The number of urea groups is 1. The fraction of sp³-hybridized carbons (Fsp3) is 0.158. The van der Waals surface area contributed by atoms with E-state index in [1.54, 1.807) is 35.8 Å². The van der Waals surface area contributed by atoms with Crippen molar-refractivity contribution in [2.24, 2.45) is 5.73 Å². The number of primary amides is 1. The average Bonchev–Trinajstić information content (AvgIpc) is 3.19. The highest BCUT2D eigenvalue weighted by atomic mass is 32.1. The minimum atomic E-state index is -0.735. The summed E-state index contributed by atoms with van der Waals surface area (Å²) < 4.78 is 0.885. The zero-order chi connectivity index (χ0) is 20.8. The predicted molar refractivity (Wildman–Crippen MR) is 110 cm³/mol. The number of hydrogen-bond donors (Lipinski definition) is 5. The van der Waals surface area contributed by atoms with Crippen LogP contribution in [-0.2, 0) is 0 Å². The second-order valence-corrected chi connectivity index (χ2v) is 7.02. The van der Waals surface area contributed by atoms with Crippen molar-refractivity contribution in [1.82, 2.24) is 15.6 Å². The minimum Gasteiger partial charge on any atom is -0.394 e. The third-order valence-electron chi connectivity index (χ3n) is 4.06. The molecule has 3 aromatic rings. The summed E-state index contributed by atoms with van der Waals surface area (Å²) in [6.07, 6.45) is 0. The number of carbonyl (C=O) groups is 3. The Morgan fingerprint density at radius 3 is 2.69 bits per heavy atom. The van der Waals surface area contributed by atoms with Crippen LogP contribution >= 0.6 is 11.3 Å². The SMILES string of the molecule is NC(=O)Nc1cccc(C(=O)NC[C@H](CO)NC(=O)c2cccc3scnc23)c1. The first kappa shape index (κ1) is 20.2. The van der Waals surface area contributed by atoms with Crippen LogP contribution in [0.1, 0.15) is 20.7 Å². The van der Waals surface area contributed by atoms with E-state index in [1.165, 1.54) is 17.4 Å². The summed E-state index contributed by atoms with van der Waals surface area (Å²) in [5, 5.41) is 17.3. The standard InChI is InChI=1S/C19H19N5O4S/c20-19(28)24-12-4-1-3-11(7-12)17(26)21-8-13(9-25)23-18(27)14-5-2-6-15-16(14)22-10-29-15/h1-7,10,13,25H,8-9H2,(H,21,26)(H,23,27)(H3,20,24,28)/t13-/m1/s1. The van der Waals surface area contributed by atoms with Crippen LogP contribution in [0, 0.1) is 0 Å². The summed E-state index contributed by atoms with van der Waals surface area (Å²) in [6, 6.07) is 10.1. The zero-order valence-corrected chi connectivity index (χ0v) is 16.0. The molecule has 0 aliphatic carbocycles. The first-order valence-corrected chi connectivity index (χ1v) is 9.54. The van der Waals surface area contributed by atoms with E-state index in [1.807, 2.05) is 6.07 Å². The van der Waals surface area contributed by atoms with Crippen molar-refractivity contribution in [3.05, 3.63) is 59.1 Å². The van der Waals surface area contributed by atoms with Gasteiger partial charge in [0.1, 0.15) is 0 Å². The van der Waals surface area contributed by atoms with Crippen molar-refractivity contribution in [3.63, 3.8) is 0 Å². The Hall–Kier alpha value is -3.50. The van der Waals surface area contributed by atoms with Gasteiger partial charge in [-0.2, -0.15) is 0 Å². The molecule has 2 aromatic carbocycles. The number of nitrogens with one attached hydrogen (secondary N) is 3. The van der Waals surface area contributed by atoms with Crippen molar-refractivity contribution in [2.45, 2.75) is 6.04 Å². The molecule has 0 fully saturated rings. The van der Waals surface area contributed by atoms with Crippen molar-refractivity contribution >= 4 is 45.1 Å². The third kappa shape index (κ3) is 5.06. The fourth-order valence-electron chi connectivity index (χ4n) is 2.69. The lowest BCUT2D eigenvalue weighted by atomic mass is 10.1. The molecule has 0 aliphatic rings. The maximum Gasteiger partial charge on any atom is 0.316 e. The summed E-state index contributed by atoms with van der Waals surface area (Å²) in [5.41, 5.74) is 8.40. The Kier molecular flexibility index (Phi) is 6.37. The van der Waals surface area contributed by atoms with Crippen molar-refractivity contribution in [2.75, 3.05) is 18.5 Å². The number of para-hydroxylation sites is 1. The number of amides is 4. The molecule has 0 saturated heterocycles. The lowest BCUT2D eigenvalue weighted by Gasteiger charge is -2.17. The molecule has 10 heteroatoms. The largest absolute Gasteiger partial charge is 0.394 e. The van der Waals surface area contributed by atoms with Gasteiger partial charge in [0.25, 0.3) is 11.8 Å². The molecule has 0 bridgehead atoms. The maximum atomic E-state index is 12.6. The molecule has 0 aliphatic heterocycles. The molecule has 3 rings (SSSR count). The van der Waals surface area contributed by atoms with Crippen LogP contribution in [0.3, 0.4) is 0 Å². The van der Waals surface area contributed by atoms with Crippen LogP contribution < -0.4 is 21.7 Å². The van der Waals surface area contributed by atoms with E-state index in [4.69, 9.17) is 5.73 Å². The number of anilines is 1. The average molecular weight is 413 g/mol. The van der Waals surface area contributed by atoms with E-state index in [0.717, 1.165) is 4.70 Å². The quantitative estimate of drug-likeness (QED) is 0.396. The summed E-state index contributed by atoms with van der Waals surface area (Å²) in [4.78, 5) is 40.0. The highest BCUT2D eigenvalue weighted by Crippen LogP contribution is 2.21. The molecule has 0 spiro atoms. The zero-order valence-electron chi connectivity index (χ0n) is 15.2. The molecule has 9 nitrogen and oxygen atoms in total. The van der Waals surface area contributed by atoms with Gasteiger partial charge in [-0.05, 0) is 30.3 Å². The fourth-order valence-corrected chi connectivity index (χ4v) is 3.40.